The van der Waals surface area contributed by atoms with E-state index < -0.39 is 0 Å². The van der Waals surface area contributed by atoms with Crippen LogP contribution < -0.4 is 10.6 Å². The van der Waals surface area contributed by atoms with Crippen LogP contribution in [0.4, 0.5) is 10.2 Å². The summed E-state index contributed by atoms with van der Waals surface area (Å²) < 4.78 is 15.6. The Hall–Kier alpha value is -1.88. The predicted octanol–water partition coefficient (Wildman–Crippen LogP) is 2.01. The van der Waals surface area contributed by atoms with Crippen molar-refractivity contribution in [2.75, 3.05) is 18.5 Å². The van der Waals surface area contributed by atoms with E-state index in [0.717, 1.165) is 23.5 Å². The molecule has 4 nitrogen and oxygen atoms in total. The van der Waals surface area contributed by atoms with E-state index >= 15 is 0 Å². The number of nitrogens with two attached hydrogens (primary N) is 1. The summed E-state index contributed by atoms with van der Waals surface area (Å²) in [5, 5.41) is 4.44. The molecule has 2 aromatic rings. The molecule has 0 saturated heterocycles. The molecule has 1 aromatic heterocycles. The largest absolute Gasteiger partial charge is 0.355 e. The molecule has 0 fully saturated rings. The normalized spacial score (nSPS) is 10.8. The molecular weight excluding hydrogens is 255 g/mol. The number of halogens is 1. The van der Waals surface area contributed by atoms with Crippen LogP contribution in [0.3, 0.4) is 0 Å². The van der Waals surface area contributed by atoms with Crippen molar-refractivity contribution < 1.29 is 4.39 Å². The van der Waals surface area contributed by atoms with E-state index in [4.69, 9.17) is 5.73 Å². The first-order valence-electron chi connectivity index (χ1n) is 6.71. The SMILES string of the molecule is Cc1nn(C)c(N(C)Cc2ccccc2F)c1CCN. The molecule has 0 aliphatic carbocycles. The lowest BCUT2D eigenvalue weighted by atomic mass is 10.1. The molecule has 0 amide bonds. The smallest absolute Gasteiger partial charge is 0.130 e. The van der Waals surface area contributed by atoms with Gasteiger partial charge in [0.15, 0.2) is 0 Å². The highest BCUT2D eigenvalue weighted by Gasteiger charge is 2.17. The first kappa shape index (κ1) is 14.5. The maximum Gasteiger partial charge on any atom is 0.130 e. The minimum absolute atomic E-state index is 0.182. The van der Waals surface area contributed by atoms with Crippen LogP contribution in [0.2, 0.25) is 0 Å². The Bertz CT molecular complexity index is 592. The molecule has 2 N–H and O–H groups in total. The van der Waals surface area contributed by atoms with Gasteiger partial charge in [0.2, 0.25) is 0 Å². The van der Waals surface area contributed by atoms with Gasteiger partial charge in [0.1, 0.15) is 11.6 Å². The summed E-state index contributed by atoms with van der Waals surface area (Å²) in [6.45, 7) is 3.06. The Morgan fingerprint density at radius 3 is 2.70 bits per heavy atom. The van der Waals surface area contributed by atoms with Crippen molar-refractivity contribution in [1.29, 1.82) is 0 Å². The van der Waals surface area contributed by atoms with Crippen molar-refractivity contribution in [2.45, 2.75) is 19.9 Å². The summed E-state index contributed by atoms with van der Waals surface area (Å²) in [6, 6.07) is 6.84. The quantitative estimate of drug-likeness (QED) is 0.908. The molecule has 0 atom stereocenters. The number of hydrogen-bond acceptors (Lipinski definition) is 3. The van der Waals surface area contributed by atoms with Crippen molar-refractivity contribution in [3.63, 3.8) is 0 Å². The number of aromatic nitrogens is 2. The molecule has 0 unspecified atom stereocenters. The number of hydrogen-bond donors (Lipinski definition) is 1. The standard InChI is InChI=1S/C15H21FN4/c1-11-13(8-9-17)15(20(3)18-11)19(2)10-12-6-4-5-7-14(12)16/h4-7H,8-10,17H2,1-3H3. The first-order valence-corrected chi connectivity index (χ1v) is 6.71. The van der Waals surface area contributed by atoms with E-state index in [1.807, 2.05) is 36.7 Å². The highest BCUT2D eigenvalue weighted by molar-refractivity contribution is 5.50. The highest BCUT2D eigenvalue weighted by Crippen LogP contribution is 2.24. The summed E-state index contributed by atoms with van der Waals surface area (Å²) in [7, 11) is 3.85. The molecule has 0 spiro atoms. The minimum Gasteiger partial charge on any atom is -0.355 e. The molecule has 1 aromatic carbocycles. The van der Waals surface area contributed by atoms with E-state index in [1.165, 1.54) is 6.07 Å². The van der Waals surface area contributed by atoms with Gasteiger partial charge in [0.25, 0.3) is 0 Å². The molecule has 0 saturated carbocycles. The van der Waals surface area contributed by atoms with Crippen LogP contribution in [0.15, 0.2) is 24.3 Å². The second kappa shape index (κ2) is 6.05. The van der Waals surface area contributed by atoms with Gasteiger partial charge in [0.05, 0.1) is 5.69 Å². The zero-order valence-electron chi connectivity index (χ0n) is 12.2. The van der Waals surface area contributed by atoms with Crippen molar-refractivity contribution >= 4 is 5.82 Å². The molecule has 108 valence electrons. The summed E-state index contributed by atoms with van der Waals surface area (Å²) in [5.74, 6) is 0.815. The Labute approximate surface area is 119 Å². The van der Waals surface area contributed by atoms with E-state index in [-0.39, 0.29) is 5.82 Å². The van der Waals surface area contributed by atoms with E-state index in [2.05, 4.69) is 5.10 Å². The zero-order chi connectivity index (χ0) is 14.7. The first-order chi connectivity index (χ1) is 9.54. The molecule has 0 radical (unpaired) electrons. The van der Waals surface area contributed by atoms with Crippen LogP contribution in [0, 0.1) is 12.7 Å². The summed E-state index contributed by atoms with van der Waals surface area (Å²) >= 11 is 0. The highest BCUT2D eigenvalue weighted by atomic mass is 19.1. The van der Waals surface area contributed by atoms with Gasteiger partial charge < -0.3 is 10.6 Å². The minimum atomic E-state index is -0.182. The van der Waals surface area contributed by atoms with Crippen molar-refractivity contribution in [2.24, 2.45) is 12.8 Å². The predicted molar refractivity (Wildman–Crippen MR) is 79.2 cm³/mol. The fourth-order valence-corrected chi connectivity index (χ4v) is 2.56. The van der Waals surface area contributed by atoms with Gasteiger partial charge in [-0.15, -0.1) is 0 Å². The Balaban J connectivity index is 2.29. The Morgan fingerprint density at radius 2 is 2.05 bits per heavy atom. The van der Waals surface area contributed by atoms with Gasteiger partial charge >= 0.3 is 0 Å². The fraction of sp³-hybridized carbons (Fsp3) is 0.400. The zero-order valence-corrected chi connectivity index (χ0v) is 12.2. The third-order valence-electron chi connectivity index (χ3n) is 3.43. The van der Waals surface area contributed by atoms with Crippen molar-refractivity contribution in [3.05, 3.63) is 46.9 Å². The third kappa shape index (κ3) is 2.82. The molecule has 2 rings (SSSR count). The lowest BCUT2D eigenvalue weighted by Crippen LogP contribution is -2.22. The molecule has 0 aliphatic rings. The van der Waals surface area contributed by atoms with Crippen LogP contribution in [-0.4, -0.2) is 23.4 Å². The lowest BCUT2D eigenvalue weighted by molar-refractivity contribution is 0.605. The molecule has 1 heterocycles. The van der Waals surface area contributed by atoms with Gasteiger partial charge in [0, 0.05) is 31.8 Å². The van der Waals surface area contributed by atoms with Crippen LogP contribution in [-0.2, 0) is 20.0 Å². The molecule has 5 heteroatoms. The molecular formula is C15H21FN4. The van der Waals surface area contributed by atoms with Gasteiger partial charge in [-0.25, -0.2) is 4.39 Å². The monoisotopic (exact) mass is 276 g/mol. The van der Waals surface area contributed by atoms with Crippen LogP contribution >= 0.6 is 0 Å². The third-order valence-corrected chi connectivity index (χ3v) is 3.43. The summed E-state index contributed by atoms with van der Waals surface area (Å²) in [5.41, 5.74) is 8.46. The maximum absolute atomic E-state index is 13.8. The molecule has 0 aliphatic heterocycles. The van der Waals surface area contributed by atoms with Crippen molar-refractivity contribution in [3.8, 4) is 0 Å². The lowest BCUT2D eigenvalue weighted by Gasteiger charge is -2.21. The van der Waals surface area contributed by atoms with Crippen molar-refractivity contribution in [1.82, 2.24) is 9.78 Å². The van der Waals surface area contributed by atoms with Crippen LogP contribution in [0.25, 0.3) is 0 Å². The molecule has 0 bridgehead atoms. The number of aryl methyl sites for hydroxylation is 2. The van der Waals surface area contributed by atoms with Gasteiger partial charge in [-0.2, -0.15) is 5.10 Å². The second-order valence-corrected chi connectivity index (χ2v) is 5.00. The fourth-order valence-electron chi connectivity index (χ4n) is 2.56. The summed E-state index contributed by atoms with van der Waals surface area (Å²) in [6.07, 6.45) is 0.774. The average Bonchev–Trinajstić information content (AvgIpc) is 2.67. The topological polar surface area (TPSA) is 47.1 Å². The number of nitrogens with zero attached hydrogens (tertiary/aromatic N) is 3. The van der Waals surface area contributed by atoms with E-state index in [1.54, 1.807) is 12.1 Å². The van der Waals surface area contributed by atoms with E-state index in [9.17, 15) is 4.39 Å². The second-order valence-electron chi connectivity index (χ2n) is 5.00. The number of benzene rings is 1. The molecule has 20 heavy (non-hydrogen) atoms. The number of rotatable bonds is 5. The van der Waals surface area contributed by atoms with Gasteiger partial charge in [-0.1, -0.05) is 18.2 Å². The van der Waals surface area contributed by atoms with Gasteiger partial charge in [-0.05, 0) is 26.0 Å². The summed E-state index contributed by atoms with van der Waals surface area (Å²) in [4.78, 5) is 2.02. The van der Waals surface area contributed by atoms with Crippen LogP contribution in [0.1, 0.15) is 16.8 Å². The van der Waals surface area contributed by atoms with Gasteiger partial charge in [-0.3, -0.25) is 4.68 Å². The Kier molecular flexibility index (Phi) is 4.39. The maximum atomic E-state index is 13.8. The average molecular weight is 276 g/mol. The Morgan fingerprint density at radius 1 is 1.35 bits per heavy atom. The van der Waals surface area contributed by atoms with Crippen LogP contribution in [0.5, 0.6) is 0 Å². The van der Waals surface area contributed by atoms with E-state index in [0.29, 0.717) is 18.7 Å². The number of anilines is 1.